The molecule has 1 aliphatic heterocycles. The molecule has 128 valence electrons. The highest BCUT2D eigenvalue weighted by Gasteiger charge is 2.33. The number of ether oxygens (including phenoxy) is 1. The van der Waals surface area contributed by atoms with Gasteiger partial charge in [-0.1, -0.05) is 67.1 Å². The van der Waals surface area contributed by atoms with Crippen molar-refractivity contribution in [3.8, 4) is 0 Å². The minimum Gasteiger partial charge on any atom is -0.464 e. The van der Waals surface area contributed by atoms with Crippen LogP contribution in [0.25, 0.3) is 6.08 Å². The predicted octanol–water partition coefficient (Wildman–Crippen LogP) is 4.39. The van der Waals surface area contributed by atoms with E-state index in [2.05, 4.69) is 0 Å². The van der Waals surface area contributed by atoms with Gasteiger partial charge in [0.1, 0.15) is 10.9 Å². The van der Waals surface area contributed by atoms with Crippen molar-refractivity contribution in [3.63, 3.8) is 0 Å². The number of rotatable bonds is 5. The number of thioether (sulfide) groups is 1. The molecule has 0 aliphatic carbocycles. The summed E-state index contributed by atoms with van der Waals surface area (Å²) in [7, 11) is 0. The lowest BCUT2D eigenvalue weighted by molar-refractivity contribution is -0.147. The van der Waals surface area contributed by atoms with Gasteiger partial charge >= 0.3 is 5.97 Å². The summed E-state index contributed by atoms with van der Waals surface area (Å²) in [4.78, 5) is 25.9. The number of halogens is 2. The average molecular weight is 404 g/mol. The summed E-state index contributed by atoms with van der Waals surface area (Å²) in [5.41, 5.74) is 0.729. The van der Waals surface area contributed by atoms with Crippen LogP contribution in [0.5, 0.6) is 0 Å². The van der Waals surface area contributed by atoms with Crippen LogP contribution in [0.1, 0.15) is 19.4 Å². The van der Waals surface area contributed by atoms with E-state index in [1.807, 2.05) is 13.8 Å². The molecule has 1 aliphatic rings. The van der Waals surface area contributed by atoms with Gasteiger partial charge in [0.25, 0.3) is 5.91 Å². The molecule has 0 N–H and O–H groups in total. The van der Waals surface area contributed by atoms with Gasteiger partial charge in [-0.2, -0.15) is 0 Å². The van der Waals surface area contributed by atoms with Gasteiger partial charge in [0.05, 0.1) is 21.6 Å². The zero-order valence-electron chi connectivity index (χ0n) is 13.0. The first-order valence-electron chi connectivity index (χ1n) is 7.14. The molecule has 0 aromatic heterocycles. The molecule has 2 rings (SSSR count). The zero-order valence-corrected chi connectivity index (χ0v) is 16.2. The molecule has 0 unspecified atom stereocenters. The molecule has 0 radical (unpaired) electrons. The van der Waals surface area contributed by atoms with Crippen molar-refractivity contribution in [3.05, 3.63) is 38.7 Å². The summed E-state index contributed by atoms with van der Waals surface area (Å²) in [5.74, 6) is -0.567. The van der Waals surface area contributed by atoms with Crippen LogP contribution < -0.4 is 0 Å². The third-order valence-electron chi connectivity index (χ3n) is 2.98. The van der Waals surface area contributed by atoms with Crippen LogP contribution >= 0.6 is 47.2 Å². The normalized spacial score (nSPS) is 16.4. The molecule has 0 atom stereocenters. The molecule has 8 heteroatoms. The largest absolute Gasteiger partial charge is 0.464 e. The number of thiocarbonyl (C=S) groups is 1. The summed E-state index contributed by atoms with van der Waals surface area (Å²) in [6.45, 7) is 4.00. The van der Waals surface area contributed by atoms with Crippen LogP contribution in [0.2, 0.25) is 10.0 Å². The number of amides is 1. The van der Waals surface area contributed by atoms with E-state index < -0.39 is 5.97 Å². The molecule has 1 heterocycles. The fraction of sp³-hybridized carbons (Fsp3) is 0.312. The molecular formula is C16H15Cl2NO3S2. The van der Waals surface area contributed by atoms with Gasteiger partial charge in [0.15, 0.2) is 0 Å². The molecular weight excluding hydrogens is 389 g/mol. The molecule has 4 nitrogen and oxygen atoms in total. The number of hydrogen-bond donors (Lipinski definition) is 0. The molecule has 0 saturated carbocycles. The van der Waals surface area contributed by atoms with Crippen LogP contribution in [0.15, 0.2) is 23.1 Å². The highest BCUT2D eigenvalue weighted by atomic mass is 35.5. The summed E-state index contributed by atoms with van der Waals surface area (Å²) in [6.07, 6.45) is 1.67. The third-order valence-corrected chi connectivity index (χ3v) is 5.10. The Balaban J connectivity index is 2.09. The van der Waals surface area contributed by atoms with Crippen LogP contribution in [-0.4, -0.2) is 34.2 Å². The van der Waals surface area contributed by atoms with E-state index in [9.17, 15) is 9.59 Å². The van der Waals surface area contributed by atoms with Crippen molar-refractivity contribution in [2.24, 2.45) is 5.92 Å². The lowest BCUT2D eigenvalue weighted by atomic mass is 10.2. The maximum atomic E-state index is 12.4. The quantitative estimate of drug-likeness (QED) is 0.414. The maximum absolute atomic E-state index is 12.4. The van der Waals surface area contributed by atoms with E-state index in [0.29, 0.717) is 25.9 Å². The standard InChI is InChI=1S/C16H15Cl2NO3S2/c1-9(2)8-22-14(20)7-19-15(21)13(24-16(19)23)6-10-3-4-11(17)12(18)5-10/h3-6,9H,7-8H2,1-2H3/b13-6-. The second-order valence-electron chi connectivity index (χ2n) is 5.52. The van der Waals surface area contributed by atoms with Gasteiger partial charge in [0.2, 0.25) is 0 Å². The lowest BCUT2D eigenvalue weighted by Crippen LogP contribution is -2.34. The highest BCUT2D eigenvalue weighted by Crippen LogP contribution is 2.33. The number of benzene rings is 1. The van der Waals surface area contributed by atoms with Gasteiger partial charge in [-0.05, 0) is 29.7 Å². The molecule has 1 aromatic carbocycles. The van der Waals surface area contributed by atoms with Crippen molar-refractivity contribution in [1.82, 2.24) is 4.90 Å². The van der Waals surface area contributed by atoms with Crippen LogP contribution in [0.3, 0.4) is 0 Å². The molecule has 0 bridgehead atoms. The monoisotopic (exact) mass is 403 g/mol. The minimum absolute atomic E-state index is 0.184. The SMILES string of the molecule is CC(C)COC(=O)CN1C(=O)/C(=C/c2ccc(Cl)c(Cl)c2)SC1=S. The summed E-state index contributed by atoms with van der Waals surface area (Å²) in [6, 6.07) is 5.06. The van der Waals surface area contributed by atoms with Crippen molar-refractivity contribution < 1.29 is 14.3 Å². The van der Waals surface area contributed by atoms with E-state index in [-0.39, 0.29) is 18.4 Å². The molecule has 1 fully saturated rings. The van der Waals surface area contributed by atoms with E-state index in [0.717, 1.165) is 17.3 Å². The van der Waals surface area contributed by atoms with Crippen LogP contribution in [0, 0.1) is 5.92 Å². The first-order chi connectivity index (χ1) is 11.3. The van der Waals surface area contributed by atoms with Gasteiger partial charge in [-0.3, -0.25) is 14.5 Å². The number of nitrogens with zero attached hydrogens (tertiary/aromatic N) is 1. The van der Waals surface area contributed by atoms with Gasteiger partial charge < -0.3 is 4.74 Å². The van der Waals surface area contributed by atoms with Gasteiger partial charge in [-0.15, -0.1) is 0 Å². The number of carbonyl (C=O) groups is 2. The van der Waals surface area contributed by atoms with Gasteiger partial charge in [0, 0.05) is 0 Å². The molecule has 24 heavy (non-hydrogen) atoms. The first-order valence-corrected chi connectivity index (χ1v) is 9.12. The topological polar surface area (TPSA) is 46.6 Å². The fourth-order valence-corrected chi connectivity index (χ4v) is 3.39. The lowest BCUT2D eigenvalue weighted by Gasteiger charge is -2.14. The van der Waals surface area contributed by atoms with Crippen molar-refractivity contribution >= 4 is 69.5 Å². The second-order valence-corrected chi connectivity index (χ2v) is 8.01. The smallest absolute Gasteiger partial charge is 0.326 e. The minimum atomic E-state index is -0.476. The van der Waals surface area contributed by atoms with E-state index in [1.165, 1.54) is 4.90 Å². The molecule has 1 amide bonds. The Morgan fingerprint density at radius 1 is 1.38 bits per heavy atom. The fourth-order valence-electron chi connectivity index (χ4n) is 1.82. The average Bonchev–Trinajstić information content (AvgIpc) is 2.76. The van der Waals surface area contributed by atoms with E-state index in [4.69, 9.17) is 40.2 Å². The van der Waals surface area contributed by atoms with Crippen LogP contribution in [0.4, 0.5) is 0 Å². The van der Waals surface area contributed by atoms with Crippen molar-refractivity contribution in [1.29, 1.82) is 0 Å². The Hall–Kier alpha value is -1.08. The molecule has 1 aromatic rings. The Morgan fingerprint density at radius 2 is 2.08 bits per heavy atom. The van der Waals surface area contributed by atoms with E-state index in [1.54, 1.807) is 24.3 Å². The summed E-state index contributed by atoms with van der Waals surface area (Å²) >= 11 is 18.2. The zero-order chi connectivity index (χ0) is 17.9. The molecule has 0 spiro atoms. The van der Waals surface area contributed by atoms with E-state index >= 15 is 0 Å². The second kappa shape index (κ2) is 8.34. The Bertz CT molecular complexity index is 719. The Kier molecular flexibility index (Phi) is 6.69. The summed E-state index contributed by atoms with van der Waals surface area (Å²) < 4.78 is 5.42. The van der Waals surface area contributed by atoms with Crippen molar-refractivity contribution in [2.45, 2.75) is 13.8 Å². The number of hydrogen-bond acceptors (Lipinski definition) is 5. The summed E-state index contributed by atoms with van der Waals surface area (Å²) in [5, 5.41) is 0.840. The third kappa shape index (κ3) is 4.96. The number of carbonyl (C=O) groups excluding carboxylic acids is 2. The maximum Gasteiger partial charge on any atom is 0.326 e. The first kappa shape index (κ1) is 19.2. The van der Waals surface area contributed by atoms with Crippen LogP contribution in [-0.2, 0) is 14.3 Å². The van der Waals surface area contributed by atoms with Gasteiger partial charge in [-0.25, -0.2) is 0 Å². The Labute approximate surface area is 160 Å². The number of esters is 1. The molecule has 1 saturated heterocycles. The predicted molar refractivity (Wildman–Crippen MR) is 102 cm³/mol. The Morgan fingerprint density at radius 3 is 2.71 bits per heavy atom. The van der Waals surface area contributed by atoms with Crippen molar-refractivity contribution in [2.75, 3.05) is 13.2 Å². The highest BCUT2D eigenvalue weighted by molar-refractivity contribution is 8.26.